The number of carboxylic acid groups (broad SMARTS) is 1. The zero-order chi connectivity index (χ0) is 8.27. The fraction of sp³-hybridized carbons (Fsp3) is 0.167. The van der Waals surface area contributed by atoms with Crippen molar-refractivity contribution in [3.63, 3.8) is 0 Å². The van der Waals surface area contributed by atoms with E-state index in [-0.39, 0.29) is 5.76 Å². The molecule has 0 saturated carbocycles. The quantitative estimate of drug-likeness (QED) is 0.741. The first-order chi connectivity index (χ1) is 5.24. The zero-order valence-corrected chi connectivity index (χ0v) is 7.37. The molecule has 3 nitrogen and oxygen atoms in total. The van der Waals surface area contributed by atoms with Gasteiger partial charge in [-0.25, -0.2) is 4.79 Å². The van der Waals surface area contributed by atoms with E-state index in [2.05, 4.69) is 0 Å². The lowest BCUT2D eigenvalue weighted by molar-refractivity contribution is 0.0656. The van der Waals surface area contributed by atoms with E-state index < -0.39 is 5.97 Å². The average molecular weight is 190 g/mol. The van der Waals surface area contributed by atoms with Gasteiger partial charge in [-0.3, -0.25) is 0 Å². The van der Waals surface area contributed by atoms with Crippen molar-refractivity contribution < 1.29 is 14.3 Å². The Morgan fingerprint density at radius 2 is 2.36 bits per heavy atom. The third kappa shape index (κ3) is 2.20. The first kappa shape index (κ1) is 8.55. The summed E-state index contributed by atoms with van der Waals surface area (Å²) in [7, 11) is 2.91. The third-order valence-corrected chi connectivity index (χ3v) is 2.50. The van der Waals surface area contributed by atoms with Crippen LogP contribution < -0.4 is 0 Å². The van der Waals surface area contributed by atoms with Gasteiger partial charge in [0.1, 0.15) is 0 Å². The summed E-state index contributed by atoms with van der Waals surface area (Å²) < 4.78 is 4.93. The van der Waals surface area contributed by atoms with E-state index in [9.17, 15) is 4.79 Å². The highest BCUT2D eigenvalue weighted by atomic mass is 33.1. The summed E-state index contributed by atoms with van der Waals surface area (Å²) in [6.07, 6.45) is 1.90. The van der Waals surface area contributed by atoms with Gasteiger partial charge in [0.05, 0.1) is 0 Å². The monoisotopic (exact) mass is 190 g/mol. The van der Waals surface area contributed by atoms with Gasteiger partial charge in [-0.2, -0.15) is 0 Å². The van der Waals surface area contributed by atoms with E-state index in [0.29, 0.717) is 5.09 Å². The summed E-state index contributed by atoms with van der Waals surface area (Å²) in [4.78, 5) is 10.3. The molecule has 0 aliphatic rings. The van der Waals surface area contributed by atoms with Crippen LogP contribution in [0.1, 0.15) is 10.6 Å². The molecular weight excluding hydrogens is 184 g/mol. The Labute approximate surface area is 71.6 Å². The van der Waals surface area contributed by atoms with Gasteiger partial charge in [-0.15, -0.1) is 0 Å². The van der Waals surface area contributed by atoms with Crippen molar-refractivity contribution in [2.24, 2.45) is 0 Å². The van der Waals surface area contributed by atoms with Crippen LogP contribution >= 0.6 is 21.6 Å². The highest BCUT2D eigenvalue weighted by Gasteiger charge is 2.08. The van der Waals surface area contributed by atoms with Gasteiger partial charge < -0.3 is 9.52 Å². The van der Waals surface area contributed by atoms with Crippen LogP contribution in [0.15, 0.2) is 21.6 Å². The molecule has 0 bridgehead atoms. The average Bonchev–Trinajstić information content (AvgIpc) is 2.37. The topological polar surface area (TPSA) is 50.4 Å². The summed E-state index contributed by atoms with van der Waals surface area (Å²) in [5.74, 6) is -1.04. The van der Waals surface area contributed by atoms with E-state index in [1.165, 1.54) is 27.7 Å². The molecule has 60 valence electrons. The maximum absolute atomic E-state index is 10.3. The minimum atomic E-state index is -1.03. The lowest BCUT2D eigenvalue weighted by atomic mass is 10.5. The molecule has 0 radical (unpaired) electrons. The molecule has 0 aliphatic heterocycles. The largest absolute Gasteiger partial charge is 0.475 e. The van der Waals surface area contributed by atoms with Crippen molar-refractivity contribution in [1.82, 2.24) is 0 Å². The van der Waals surface area contributed by atoms with Gasteiger partial charge in [0.25, 0.3) is 0 Å². The van der Waals surface area contributed by atoms with Gasteiger partial charge >= 0.3 is 5.97 Å². The maximum Gasteiger partial charge on any atom is 0.371 e. The van der Waals surface area contributed by atoms with Crippen LogP contribution in [0, 0.1) is 0 Å². The molecule has 11 heavy (non-hydrogen) atoms. The smallest absolute Gasteiger partial charge is 0.371 e. The Balaban J connectivity index is 2.73. The first-order valence-electron chi connectivity index (χ1n) is 2.78. The predicted octanol–water partition coefficient (Wildman–Crippen LogP) is 2.35. The number of rotatable bonds is 3. The molecular formula is C6H6O3S2. The molecule has 1 rings (SSSR count). The molecule has 0 spiro atoms. The summed E-state index contributed by atoms with van der Waals surface area (Å²) in [6.45, 7) is 0. The molecule has 1 aromatic rings. The lowest BCUT2D eigenvalue weighted by Crippen LogP contribution is -1.91. The van der Waals surface area contributed by atoms with Crippen molar-refractivity contribution in [2.75, 3.05) is 6.26 Å². The lowest BCUT2D eigenvalue weighted by Gasteiger charge is -1.88. The number of carbonyl (C=O) groups is 1. The number of hydrogen-bond acceptors (Lipinski definition) is 4. The van der Waals surface area contributed by atoms with E-state index in [4.69, 9.17) is 9.52 Å². The summed E-state index contributed by atoms with van der Waals surface area (Å²) in [5, 5.41) is 9.08. The van der Waals surface area contributed by atoms with Crippen molar-refractivity contribution in [3.05, 3.63) is 17.9 Å². The fourth-order valence-electron chi connectivity index (χ4n) is 0.562. The van der Waals surface area contributed by atoms with Gasteiger partial charge in [0, 0.05) is 0 Å². The zero-order valence-electron chi connectivity index (χ0n) is 5.73. The highest BCUT2D eigenvalue weighted by molar-refractivity contribution is 8.76. The van der Waals surface area contributed by atoms with Gasteiger partial charge in [0.15, 0.2) is 5.09 Å². The Hall–Kier alpha value is -0.550. The van der Waals surface area contributed by atoms with Crippen LogP contribution in [0.3, 0.4) is 0 Å². The molecule has 0 atom stereocenters. The molecule has 1 heterocycles. The molecule has 0 amide bonds. The predicted molar refractivity (Wildman–Crippen MR) is 45.0 cm³/mol. The van der Waals surface area contributed by atoms with Crippen molar-refractivity contribution in [3.8, 4) is 0 Å². The van der Waals surface area contributed by atoms with Crippen LogP contribution in [-0.4, -0.2) is 17.3 Å². The Bertz CT molecular complexity index is 256. The van der Waals surface area contributed by atoms with E-state index in [0.717, 1.165) is 0 Å². The molecule has 0 fully saturated rings. The number of hydrogen-bond donors (Lipinski definition) is 1. The van der Waals surface area contributed by atoms with Crippen molar-refractivity contribution in [2.45, 2.75) is 5.09 Å². The Kier molecular flexibility index (Phi) is 2.90. The van der Waals surface area contributed by atoms with Crippen molar-refractivity contribution >= 4 is 27.6 Å². The second kappa shape index (κ2) is 3.73. The minimum absolute atomic E-state index is 0.0125. The molecule has 0 aromatic carbocycles. The number of aromatic carboxylic acids is 1. The number of furan rings is 1. The standard InChI is InChI=1S/C6H6O3S2/c1-10-11-5-3-2-4(9-5)6(7)8/h2-3H,1H3,(H,7,8). The van der Waals surface area contributed by atoms with Crippen LogP contribution in [0.4, 0.5) is 0 Å². The SMILES string of the molecule is CSSc1ccc(C(=O)O)o1. The van der Waals surface area contributed by atoms with E-state index >= 15 is 0 Å². The molecule has 1 aromatic heterocycles. The molecule has 0 aliphatic carbocycles. The third-order valence-electron chi connectivity index (χ3n) is 0.958. The molecule has 0 unspecified atom stereocenters. The molecule has 1 N–H and O–H groups in total. The first-order valence-corrected chi connectivity index (χ1v) is 5.33. The number of carboxylic acids is 1. The van der Waals surface area contributed by atoms with Crippen LogP contribution in [-0.2, 0) is 0 Å². The second-order valence-corrected chi connectivity index (χ2v) is 4.08. The van der Waals surface area contributed by atoms with Crippen molar-refractivity contribution in [1.29, 1.82) is 0 Å². The Morgan fingerprint density at radius 3 is 2.82 bits per heavy atom. The summed E-state index contributed by atoms with van der Waals surface area (Å²) in [6, 6.07) is 3.09. The van der Waals surface area contributed by atoms with Crippen LogP contribution in [0.2, 0.25) is 0 Å². The van der Waals surface area contributed by atoms with E-state index in [1.807, 2.05) is 6.26 Å². The Morgan fingerprint density at radius 1 is 1.64 bits per heavy atom. The molecule has 0 saturated heterocycles. The van der Waals surface area contributed by atoms with E-state index in [1.54, 1.807) is 6.07 Å². The summed E-state index contributed by atoms with van der Waals surface area (Å²) in [5.41, 5.74) is 0. The summed E-state index contributed by atoms with van der Waals surface area (Å²) >= 11 is 0. The maximum atomic E-state index is 10.3. The second-order valence-electron chi connectivity index (χ2n) is 1.67. The fourth-order valence-corrected chi connectivity index (χ4v) is 1.74. The van der Waals surface area contributed by atoms with Gasteiger partial charge in [-0.1, -0.05) is 10.8 Å². The minimum Gasteiger partial charge on any atom is -0.475 e. The van der Waals surface area contributed by atoms with Crippen LogP contribution in [0.5, 0.6) is 0 Å². The van der Waals surface area contributed by atoms with Crippen LogP contribution in [0.25, 0.3) is 0 Å². The van der Waals surface area contributed by atoms with Gasteiger partial charge in [-0.05, 0) is 29.2 Å². The molecule has 5 heteroatoms. The van der Waals surface area contributed by atoms with Gasteiger partial charge in [0.2, 0.25) is 5.76 Å². The highest BCUT2D eigenvalue weighted by Crippen LogP contribution is 2.29. The normalized spacial score (nSPS) is 9.91.